The lowest BCUT2D eigenvalue weighted by molar-refractivity contribution is 0.0949. The van der Waals surface area contributed by atoms with Gasteiger partial charge in [-0.1, -0.05) is 19.1 Å². The molecule has 7 heteroatoms. The minimum atomic E-state index is -0.525. The van der Waals surface area contributed by atoms with Gasteiger partial charge < -0.3 is 10.1 Å². The third-order valence-electron chi connectivity index (χ3n) is 3.41. The van der Waals surface area contributed by atoms with Crippen LogP contribution in [0.5, 0.6) is 0 Å². The minimum Gasteiger partial charge on any atom is -0.453 e. The van der Waals surface area contributed by atoms with Gasteiger partial charge in [0.15, 0.2) is 0 Å². The van der Waals surface area contributed by atoms with Crippen LogP contribution in [0.2, 0.25) is 0 Å². The Morgan fingerprint density at radius 1 is 1.21 bits per heavy atom. The standard InChI is InChI=1S/C17H20N4O3/c1-4-15-14(10-18-11(2)20-15)16(22)19-9-12-5-7-13(8-6-12)21-17(23)24-3/h5-8,10H,4,9H2,1-3H3,(H,19,22)(H,21,23). The first-order valence-corrected chi connectivity index (χ1v) is 7.58. The summed E-state index contributed by atoms with van der Waals surface area (Å²) >= 11 is 0. The fraction of sp³-hybridized carbons (Fsp3) is 0.294. The number of benzene rings is 1. The van der Waals surface area contributed by atoms with Crippen LogP contribution in [0, 0.1) is 6.92 Å². The van der Waals surface area contributed by atoms with E-state index in [4.69, 9.17) is 0 Å². The van der Waals surface area contributed by atoms with Crippen molar-refractivity contribution >= 4 is 17.7 Å². The van der Waals surface area contributed by atoms with Gasteiger partial charge in [0.1, 0.15) is 5.82 Å². The van der Waals surface area contributed by atoms with Crippen LogP contribution in [0.15, 0.2) is 30.5 Å². The van der Waals surface area contributed by atoms with Gasteiger partial charge in [0.2, 0.25) is 0 Å². The number of carbonyl (C=O) groups excluding carboxylic acids is 2. The number of nitrogens with zero attached hydrogens (tertiary/aromatic N) is 2. The van der Waals surface area contributed by atoms with Crippen molar-refractivity contribution in [2.24, 2.45) is 0 Å². The summed E-state index contributed by atoms with van der Waals surface area (Å²) in [7, 11) is 1.30. The zero-order valence-electron chi connectivity index (χ0n) is 13.9. The Hall–Kier alpha value is -2.96. The average molecular weight is 328 g/mol. The number of methoxy groups -OCH3 is 1. The lowest BCUT2D eigenvalue weighted by Gasteiger charge is -2.09. The molecule has 0 bridgehead atoms. The molecule has 1 aromatic heterocycles. The molecule has 0 aliphatic rings. The number of hydrogen-bond acceptors (Lipinski definition) is 5. The van der Waals surface area contributed by atoms with Crippen molar-refractivity contribution in [3.63, 3.8) is 0 Å². The summed E-state index contributed by atoms with van der Waals surface area (Å²) in [6.45, 7) is 4.12. The number of hydrogen-bond donors (Lipinski definition) is 2. The largest absolute Gasteiger partial charge is 0.453 e. The predicted molar refractivity (Wildman–Crippen MR) is 89.8 cm³/mol. The number of amides is 2. The second-order valence-corrected chi connectivity index (χ2v) is 5.13. The molecule has 1 heterocycles. The van der Waals surface area contributed by atoms with E-state index in [2.05, 4.69) is 25.3 Å². The Morgan fingerprint density at radius 2 is 1.92 bits per heavy atom. The SMILES string of the molecule is CCc1nc(C)ncc1C(=O)NCc1ccc(NC(=O)OC)cc1. The van der Waals surface area contributed by atoms with E-state index in [1.807, 2.05) is 19.1 Å². The van der Waals surface area contributed by atoms with Crippen molar-refractivity contribution in [2.75, 3.05) is 12.4 Å². The van der Waals surface area contributed by atoms with Gasteiger partial charge in [-0.2, -0.15) is 0 Å². The van der Waals surface area contributed by atoms with Crippen molar-refractivity contribution in [3.8, 4) is 0 Å². The zero-order valence-corrected chi connectivity index (χ0v) is 13.9. The monoisotopic (exact) mass is 328 g/mol. The number of ether oxygens (including phenoxy) is 1. The third kappa shape index (κ3) is 4.52. The molecule has 2 amide bonds. The maximum Gasteiger partial charge on any atom is 0.411 e. The second-order valence-electron chi connectivity index (χ2n) is 5.13. The number of aromatic nitrogens is 2. The predicted octanol–water partition coefficient (Wildman–Crippen LogP) is 2.46. The fourth-order valence-corrected chi connectivity index (χ4v) is 2.13. The molecule has 2 rings (SSSR count). The highest BCUT2D eigenvalue weighted by Crippen LogP contribution is 2.11. The molecule has 2 aromatic rings. The summed E-state index contributed by atoms with van der Waals surface area (Å²) in [5, 5.41) is 5.41. The molecule has 0 radical (unpaired) electrons. The van der Waals surface area contributed by atoms with E-state index >= 15 is 0 Å². The fourth-order valence-electron chi connectivity index (χ4n) is 2.13. The van der Waals surface area contributed by atoms with Crippen molar-refractivity contribution in [2.45, 2.75) is 26.8 Å². The van der Waals surface area contributed by atoms with E-state index in [1.54, 1.807) is 25.3 Å². The molecule has 126 valence electrons. The number of rotatable bonds is 5. The van der Waals surface area contributed by atoms with Crippen LogP contribution in [-0.4, -0.2) is 29.1 Å². The van der Waals surface area contributed by atoms with Crippen LogP contribution in [0.1, 0.15) is 34.4 Å². The molecule has 0 aliphatic heterocycles. The Morgan fingerprint density at radius 3 is 2.54 bits per heavy atom. The van der Waals surface area contributed by atoms with E-state index in [0.717, 1.165) is 11.3 Å². The van der Waals surface area contributed by atoms with E-state index < -0.39 is 6.09 Å². The van der Waals surface area contributed by atoms with Crippen LogP contribution in [0.25, 0.3) is 0 Å². The van der Waals surface area contributed by atoms with Gasteiger partial charge in [-0.25, -0.2) is 14.8 Å². The molecular weight excluding hydrogens is 308 g/mol. The number of aryl methyl sites for hydroxylation is 2. The van der Waals surface area contributed by atoms with Crippen molar-refractivity contribution in [1.29, 1.82) is 0 Å². The van der Waals surface area contributed by atoms with E-state index in [1.165, 1.54) is 7.11 Å². The Balaban J connectivity index is 1.98. The molecule has 0 aliphatic carbocycles. The first kappa shape index (κ1) is 17.4. The minimum absolute atomic E-state index is 0.205. The molecule has 1 aromatic carbocycles. The van der Waals surface area contributed by atoms with Gasteiger partial charge in [-0.15, -0.1) is 0 Å². The van der Waals surface area contributed by atoms with Gasteiger partial charge in [0.05, 0.1) is 18.4 Å². The van der Waals surface area contributed by atoms with Crippen molar-refractivity contribution in [3.05, 3.63) is 53.1 Å². The highest BCUT2D eigenvalue weighted by Gasteiger charge is 2.12. The van der Waals surface area contributed by atoms with Crippen LogP contribution in [-0.2, 0) is 17.7 Å². The third-order valence-corrected chi connectivity index (χ3v) is 3.41. The van der Waals surface area contributed by atoms with Crippen LogP contribution in [0.3, 0.4) is 0 Å². The molecule has 7 nitrogen and oxygen atoms in total. The Kier molecular flexibility index (Phi) is 5.83. The first-order valence-electron chi connectivity index (χ1n) is 7.58. The zero-order chi connectivity index (χ0) is 17.5. The summed E-state index contributed by atoms with van der Waals surface area (Å²) in [5.74, 6) is 0.445. The van der Waals surface area contributed by atoms with E-state index in [0.29, 0.717) is 30.0 Å². The molecule has 0 saturated carbocycles. The Bertz CT molecular complexity index is 729. The van der Waals surface area contributed by atoms with Gasteiger partial charge in [-0.3, -0.25) is 10.1 Å². The van der Waals surface area contributed by atoms with Crippen molar-refractivity contribution in [1.82, 2.24) is 15.3 Å². The quantitative estimate of drug-likeness (QED) is 0.879. The van der Waals surface area contributed by atoms with Gasteiger partial charge in [0, 0.05) is 18.4 Å². The van der Waals surface area contributed by atoms with Gasteiger partial charge in [0.25, 0.3) is 5.91 Å². The van der Waals surface area contributed by atoms with E-state index in [9.17, 15) is 9.59 Å². The second kappa shape index (κ2) is 8.05. The lowest BCUT2D eigenvalue weighted by atomic mass is 10.1. The molecule has 0 unspecified atom stereocenters. The summed E-state index contributed by atoms with van der Waals surface area (Å²) in [5.41, 5.74) is 2.76. The van der Waals surface area contributed by atoms with E-state index in [-0.39, 0.29) is 5.91 Å². The van der Waals surface area contributed by atoms with Crippen LogP contribution in [0.4, 0.5) is 10.5 Å². The smallest absolute Gasteiger partial charge is 0.411 e. The molecule has 0 saturated heterocycles. The van der Waals surface area contributed by atoms with Crippen molar-refractivity contribution < 1.29 is 14.3 Å². The highest BCUT2D eigenvalue weighted by atomic mass is 16.5. The topological polar surface area (TPSA) is 93.2 Å². The van der Waals surface area contributed by atoms with Gasteiger partial charge in [-0.05, 0) is 31.0 Å². The normalized spacial score (nSPS) is 10.1. The van der Waals surface area contributed by atoms with Gasteiger partial charge >= 0.3 is 6.09 Å². The molecular formula is C17H20N4O3. The number of carbonyl (C=O) groups is 2. The summed E-state index contributed by atoms with van der Waals surface area (Å²) < 4.78 is 4.52. The average Bonchev–Trinajstić information content (AvgIpc) is 2.60. The summed E-state index contributed by atoms with van der Waals surface area (Å²) in [6.07, 6.45) is 1.70. The molecule has 0 fully saturated rings. The summed E-state index contributed by atoms with van der Waals surface area (Å²) in [4.78, 5) is 31.8. The number of anilines is 1. The lowest BCUT2D eigenvalue weighted by Crippen LogP contribution is -2.25. The highest BCUT2D eigenvalue weighted by molar-refractivity contribution is 5.94. The molecule has 0 atom stereocenters. The molecule has 0 spiro atoms. The summed E-state index contributed by atoms with van der Waals surface area (Å²) in [6, 6.07) is 7.12. The number of nitrogens with one attached hydrogen (secondary N) is 2. The van der Waals surface area contributed by atoms with Crippen LogP contribution >= 0.6 is 0 Å². The molecule has 24 heavy (non-hydrogen) atoms. The Labute approximate surface area is 140 Å². The first-order chi connectivity index (χ1) is 11.5. The molecule has 2 N–H and O–H groups in total. The van der Waals surface area contributed by atoms with Crippen LogP contribution < -0.4 is 10.6 Å². The maximum absolute atomic E-state index is 12.3. The maximum atomic E-state index is 12.3.